The summed E-state index contributed by atoms with van der Waals surface area (Å²) in [6.07, 6.45) is 0. The lowest BCUT2D eigenvalue weighted by Gasteiger charge is -2.12. The Labute approximate surface area is 119 Å². The third kappa shape index (κ3) is 2.44. The van der Waals surface area contributed by atoms with Gasteiger partial charge in [-0.3, -0.25) is 4.98 Å². The van der Waals surface area contributed by atoms with E-state index in [1.54, 1.807) is 13.0 Å². The lowest BCUT2D eigenvalue weighted by molar-refractivity contribution is 0.0697. The number of methoxy groups -OCH3 is 1. The van der Waals surface area contributed by atoms with Crippen LogP contribution in [-0.4, -0.2) is 23.2 Å². The summed E-state index contributed by atoms with van der Waals surface area (Å²) in [5, 5.41) is 9.08. The number of hydrogen-bond donors (Lipinski definition) is 1. The number of aromatic carboxylic acids is 1. The van der Waals surface area contributed by atoms with E-state index in [9.17, 15) is 14.3 Å². The summed E-state index contributed by atoms with van der Waals surface area (Å²) < 4.78 is 19.3. The maximum absolute atomic E-state index is 14.3. The molecule has 1 aromatic heterocycles. The first kappa shape index (κ1) is 14.3. The fourth-order valence-electron chi connectivity index (χ4n) is 1.84. The predicted molar refractivity (Wildman–Crippen MR) is 72.9 cm³/mol. The molecule has 1 heterocycles. The third-order valence-corrected chi connectivity index (χ3v) is 3.07. The van der Waals surface area contributed by atoms with Gasteiger partial charge in [0.2, 0.25) is 0 Å². The summed E-state index contributed by atoms with van der Waals surface area (Å²) >= 11 is 5.76. The number of aryl methyl sites for hydroxylation is 1. The molecule has 0 saturated heterocycles. The standard InChI is InChI=1S/C14H11ClFNO3/c1-7-3-4-8(14(18)19)13(17-7)11-10(20-2)6-5-9(15)12(11)16/h3-6H,1-2H3,(H,18,19). The van der Waals surface area contributed by atoms with E-state index in [1.807, 2.05) is 0 Å². The number of aromatic nitrogens is 1. The highest BCUT2D eigenvalue weighted by atomic mass is 35.5. The Balaban J connectivity index is 2.83. The van der Waals surface area contributed by atoms with E-state index in [0.29, 0.717) is 5.69 Å². The number of ether oxygens (including phenoxy) is 1. The van der Waals surface area contributed by atoms with Crippen molar-refractivity contribution in [3.05, 3.63) is 46.4 Å². The minimum Gasteiger partial charge on any atom is -0.496 e. The van der Waals surface area contributed by atoms with Crippen LogP contribution in [0.5, 0.6) is 5.75 Å². The highest BCUT2D eigenvalue weighted by Crippen LogP contribution is 2.36. The quantitative estimate of drug-likeness (QED) is 0.940. The van der Waals surface area contributed by atoms with Gasteiger partial charge >= 0.3 is 5.97 Å². The molecule has 0 fully saturated rings. The fourth-order valence-corrected chi connectivity index (χ4v) is 2.00. The number of carboxylic acid groups (broad SMARTS) is 1. The van der Waals surface area contributed by atoms with Crippen LogP contribution in [0.4, 0.5) is 4.39 Å². The largest absolute Gasteiger partial charge is 0.496 e. The summed E-state index contributed by atoms with van der Waals surface area (Å²) in [6, 6.07) is 5.73. The van der Waals surface area contributed by atoms with Gasteiger partial charge in [-0.2, -0.15) is 0 Å². The van der Waals surface area contributed by atoms with Crippen molar-refractivity contribution in [2.45, 2.75) is 6.92 Å². The molecule has 0 bridgehead atoms. The normalized spacial score (nSPS) is 10.4. The Kier molecular flexibility index (Phi) is 3.90. The molecule has 0 saturated carbocycles. The second-order valence-corrected chi connectivity index (χ2v) is 4.50. The topological polar surface area (TPSA) is 59.4 Å². The number of nitrogens with zero attached hydrogens (tertiary/aromatic N) is 1. The van der Waals surface area contributed by atoms with Crippen molar-refractivity contribution in [3.8, 4) is 17.0 Å². The molecule has 1 N–H and O–H groups in total. The van der Waals surface area contributed by atoms with E-state index in [4.69, 9.17) is 16.3 Å². The summed E-state index contributed by atoms with van der Waals surface area (Å²) in [7, 11) is 1.36. The van der Waals surface area contributed by atoms with E-state index < -0.39 is 11.8 Å². The molecule has 20 heavy (non-hydrogen) atoms. The lowest BCUT2D eigenvalue weighted by Crippen LogP contribution is -2.05. The zero-order valence-corrected chi connectivity index (χ0v) is 11.5. The summed E-state index contributed by atoms with van der Waals surface area (Å²) in [4.78, 5) is 15.4. The zero-order chi connectivity index (χ0) is 14.9. The molecule has 0 unspecified atom stereocenters. The van der Waals surface area contributed by atoms with Crippen molar-refractivity contribution >= 4 is 17.6 Å². The fraction of sp³-hybridized carbons (Fsp3) is 0.143. The van der Waals surface area contributed by atoms with Crippen LogP contribution in [-0.2, 0) is 0 Å². The number of rotatable bonds is 3. The average Bonchev–Trinajstić information content (AvgIpc) is 2.41. The Bertz CT molecular complexity index is 688. The van der Waals surface area contributed by atoms with Crippen molar-refractivity contribution in [3.63, 3.8) is 0 Å². The van der Waals surface area contributed by atoms with Gasteiger partial charge in [-0.1, -0.05) is 11.6 Å². The van der Waals surface area contributed by atoms with Gasteiger partial charge in [-0.05, 0) is 31.2 Å². The molecular formula is C14H11ClFNO3. The number of carboxylic acids is 1. The monoisotopic (exact) mass is 295 g/mol. The maximum Gasteiger partial charge on any atom is 0.337 e. The Morgan fingerprint density at radius 1 is 1.35 bits per heavy atom. The molecule has 0 aliphatic carbocycles. The van der Waals surface area contributed by atoms with E-state index >= 15 is 0 Å². The summed E-state index contributed by atoms with van der Waals surface area (Å²) in [5.74, 6) is -1.78. The van der Waals surface area contributed by atoms with Gasteiger partial charge in [0.05, 0.1) is 29.0 Å². The van der Waals surface area contributed by atoms with Crippen LogP contribution >= 0.6 is 11.6 Å². The molecule has 1 aromatic carbocycles. The number of benzene rings is 1. The molecule has 4 nitrogen and oxygen atoms in total. The van der Waals surface area contributed by atoms with Crippen LogP contribution in [0.15, 0.2) is 24.3 Å². The van der Waals surface area contributed by atoms with E-state index in [-0.39, 0.29) is 27.6 Å². The van der Waals surface area contributed by atoms with Gasteiger partial charge in [0.15, 0.2) is 5.82 Å². The van der Waals surface area contributed by atoms with Gasteiger partial charge in [-0.15, -0.1) is 0 Å². The predicted octanol–water partition coefficient (Wildman–Crippen LogP) is 3.56. The van der Waals surface area contributed by atoms with Gasteiger partial charge in [0, 0.05) is 5.69 Å². The van der Waals surface area contributed by atoms with Crippen LogP contribution < -0.4 is 4.74 Å². The van der Waals surface area contributed by atoms with Gasteiger partial charge in [0.25, 0.3) is 0 Å². The van der Waals surface area contributed by atoms with Crippen LogP contribution in [0, 0.1) is 12.7 Å². The first-order chi connectivity index (χ1) is 9.45. The lowest BCUT2D eigenvalue weighted by atomic mass is 10.0. The minimum absolute atomic E-state index is 0.00523. The number of pyridine rings is 1. The molecule has 2 aromatic rings. The van der Waals surface area contributed by atoms with Crippen molar-refractivity contribution in [1.82, 2.24) is 4.98 Å². The van der Waals surface area contributed by atoms with E-state index in [1.165, 1.54) is 25.3 Å². The van der Waals surface area contributed by atoms with Gasteiger partial charge in [-0.25, -0.2) is 9.18 Å². The van der Waals surface area contributed by atoms with Crippen LogP contribution in [0.3, 0.4) is 0 Å². The van der Waals surface area contributed by atoms with Gasteiger partial charge in [0.1, 0.15) is 5.75 Å². The maximum atomic E-state index is 14.3. The molecule has 0 spiro atoms. The van der Waals surface area contributed by atoms with E-state index in [0.717, 1.165) is 0 Å². The first-order valence-corrected chi connectivity index (χ1v) is 6.06. The van der Waals surface area contributed by atoms with Crippen LogP contribution in [0.1, 0.15) is 16.1 Å². The Morgan fingerprint density at radius 2 is 2.05 bits per heavy atom. The first-order valence-electron chi connectivity index (χ1n) is 5.69. The molecule has 2 rings (SSSR count). The molecule has 0 amide bonds. The third-order valence-electron chi connectivity index (χ3n) is 2.78. The number of halogens is 2. The Morgan fingerprint density at radius 3 is 2.65 bits per heavy atom. The summed E-state index contributed by atoms with van der Waals surface area (Å²) in [6.45, 7) is 1.68. The van der Waals surface area contributed by atoms with Crippen molar-refractivity contribution in [2.24, 2.45) is 0 Å². The minimum atomic E-state index is -1.20. The van der Waals surface area contributed by atoms with E-state index in [2.05, 4.69) is 4.98 Å². The molecule has 0 aliphatic rings. The SMILES string of the molecule is COc1ccc(Cl)c(F)c1-c1nc(C)ccc1C(=O)O. The van der Waals surface area contributed by atoms with Crippen molar-refractivity contribution in [2.75, 3.05) is 7.11 Å². The second kappa shape index (κ2) is 5.46. The Hall–Kier alpha value is -2.14. The molecule has 0 atom stereocenters. The highest BCUT2D eigenvalue weighted by molar-refractivity contribution is 6.31. The molecular weight excluding hydrogens is 285 g/mol. The smallest absolute Gasteiger partial charge is 0.337 e. The molecule has 0 aliphatic heterocycles. The van der Waals surface area contributed by atoms with Crippen molar-refractivity contribution in [1.29, 1.82) is 0 Å². The number of hydrogen-bond acceptors (Lipinski definition) is 3. The second-order valence-electron chi connectivity index (χ2n) is 4.09. The molecule has 6 heteroatoms. The van der Waals surface area contributed by atoms with Crippen molar-refractivity contribution < 1.29 is 19.0 Å². The summed E-state index contributed by atoms with van der Waals surface area (Å²) in [5.41, 5.74) is 0.386. The van der Waals surface area contributed by atoms with Gasteiger partial charge < -0.3 is 9.84 Å². The average molecular weight is 296 g/mol. The zero-order valence-electron chi connectivity index (χ0n) is 10.8. The van der Waals surface area contributed by atoms with Crippen LogP contribution in [0.2, 0.25) is 5.02 Å². The van der Waals surface area contributed by atoms with Crippen LogP contribution in [0.25, 0.3) is 11.3 Å². The number of carbonyl (C=O) groups is 1. The molecule has 104 valence electrons. The molecule has 0 radical (unpaired) electrons. The highest BCUT2D eigenvalue weighted by Gasteiger charge is 2.22.